The Labute approximate surface area is 106 Å². The van der Waals surface area contributed by atoms with Gasteiger partial charge in [0.1, 0.15) is 6.61 Å². The summed E-state index contributed by atoms with van der Waals surface area (Å²) in [7, 11) is 0. The van der Waals surface area contributed by atoms with Gasteiger partial charge in [-0.3, -0.25) is 0 Å². The minimum absolute atomic E-state index is 0.671. The van der Waals surface area contributed by atoms with Crippen molar-refractivity contribution < 1.29 is 4.74 Å². The zero-order valence-corrected chi connectivity index (χ0v) is 11.2. The number of allylic oxidation sites excluding steroid dienone is 1. The van der Waals surface area contributed by atoms with Crippen LogP contribution in [-0.4, -0.2) is 0 Å². The van der Waals surface area contributed by atoms with Crippen molar-refractivity contribution >= 4 is 22.6 Å². The van der Waals surface area contributed by atoms with Gasteiger partial charge < -0.3 is 4.74 Å². The molecule has 1 aromatic carbocycles. The number of ether oxygens (including phenoxy) is 1. The molecule has 0 saturated carbocycles. The Hall–Kier alpha value is -0.510. The maximum atomic E-state index is 5.44. The Kier molecular flexibility index (Phi) is 6.48. The first kappa shape index (κ1) is 12.6. The molecule has 0 amide bonds. The highest BCUT2D eigenvalue weighted by atomic mass is 127. The monoisotopic (exact) mass is 316 g/mol. The Morgan fingerprint density at radius 1 is 1.33 bits per heavy atom. The lowest BCUT2D eigenvalue weighted by atomic mass is 10.1. The van der Waals surface area contributed by atoms with E-state index in [9.17, 15) is 0 Å². The van der Waals surface area contributed by atoms with Gasteiger partial charge in [-0.25, -0.2) is 0 Å². The van der Waals surface area contributed by atoms with E-state index in [0.717, 1.165) is 10.8 Å². The number of rotatable bonds is 6. The molecule has 1 aromatic rings. The maximum Gasteiger partial charge on any atom is 0.112 e. The van der Waals surface area contributed by atoms with Crippen LogP contribution in [0.1, 0.15) is 30.9 Å². The first-order valence-corrected chi connectivity index (χ1v) is 6.79. The molecule has 82 valence electrons. The van der Waals surface area contributed by atoms with Crippen molar-refractivity contribution in [1.82, 2.24) is 0 Å². The topological polar surface area (TPSA) is 9.23 Å². The second-order valence-corrected chi connectivity index (χ2v) is 4.19. The van der Waals surface area contributed by atoms with Crippen molar-refractivity contribution in [3.8, 4) is 0 Å². The highest BCUT2D eigenvalue weighted by Crippen LogP contribution is 2.10. The predicted octanol–water partition coefficient (Wildman–Crippen LogP) is 4.45. The molecule has 0 spiro atoms. The number of halogens is 1. The average Bonchev–Trinajstić information content (AvgIpc) is 2.29. The highest BCUT2D eigenvalue weighted by molar-refractivity contribution is 14.1. The molecule has 2 heteroatoms. The summed E-state index contributed by atoms with van der Waals surface area (Å²) in [5.41, 5.74) is 2.60. The molecule has 0 fully saturated rings. The molecule has 1 nitrogen and oxygen atoms in total. The van der Waals surface area contributed by atoms with Crippen molar-refractivity contribution in [2.24, 2.45) is 0 Å². The van der Waals surface area contributed by atoms with Crippen molar-refractivity contribution in [2.75, 3.05) is 0 Å². The summed E-state index contributed by atoms with van der Waals surface area (Å²) < 4.78 is 6.49. The minimum atomic E-state index is 0.671. The Bertz CT molecular complexity index is 307. The van der Waals surface area contributed by atoms with Crippen LogP contribution >= 0.6 is 22.6 Å². The van der Waals surface area contributed by atoms with Crippen LogP contribution in [0.2, 0.25) is 0 Å². The molecule has 0 heterocycles. The molecule has 0 N–H and O–H groups in total. The molecule has 0 radical (unpaired) electrons. The van der Waals surface area contributed by atoms with E-state index in [1.807, 2.05) is 0 Å². The molecule has 0 aliphatic carbocycles. The van der Waals surface area contributed by atoms with Gasteiger partial charge in [-0.05, 0) is 23.6 Å². The van der Waals surface area contributed by atoms with Gasteiger partial charge in [0.2, 0.25) is 0 Å². The SMILES string of the molecule is CCCC=COCc1cccc(CI)c1. The summed E-state index contributed by atoms with van der Waals surface area (Å²) in [6.07, 6.45) is 6.14. The Morgan fingerprint density at radius 2 is 2.13 bits per heavy atom. The van der Waals surface area contributed by atoms with Crippen LogP contribution in [-0.2, 0) is 15.8 Å². The Balaban J connectivity index is 2.36. The van der Waals surface area contributed by atoms with E-state index in [4.69, 9.17) is 4.74 Å². The third-order valence-corrected chi connectivity index (χ3v) is 2.92. The van der Waals surface area contributed by atoms with E-state index in [0.29, 0.717) is 6.61 Å². The fourth-order valence-electron chi connectivity index (χ4n) is 1.25. The summed E-state index contributed by atoms with van der Waals surface area (Å²) in [5.74, 6) is 0. The number of hydrogen-bond acceptors (Lipinski definition) is 1. The largest absolute Gasteiger partial charge is 0.497 e. The number of hydrogen-bond donors (Lipinski definition) is 0. The van der Waals surface area contributed by atoms with Gasteiger partial charge in [-0.1, -0.05) is 60.2 Å². The van der Waals surface area contributed by atoms with E-state index >= 15 is 0 Å². The van der Waals surface area contributed by atoms with Gasteiger partial charge >= 0.3 is 0 Å². The van der Waals surface area contributed by atoms with Crippen LogP contribution in [0.25, 0.3) is 0 Å². The van der Waals surface area contributed by atoms with Gasteiger partial charge in [0, 0.05) is 4.43 Å². The fraction of sp³-hybridized carbons (Fsp3) is 0.385. The molecular formula is C13H17IO. The molecule has 0 saturated heterocycles. The van der Waals surface area contributed by atoms with Gasteiger partial charge in [0.05, 0.1) is 6.26 Å². The third-order valence-electron chi connectivity index (χ3n) is 2.04. The summed E-state index contributed by atoms with van der Waals surface area (Å²) in [4.78, 5) is 0. The lowest BCUT2D eigenvalue weighted by Crippen LogP contribution is -1.88. The summed E-state index contributed by atoms with van der Waals surface area (Å²) in [6, 6.07) is 8.52. The molecule has 0 aliphatic heterocycles. The molecule has 0 unspecified atom stereocenters. The van der Waals surface area contributed by atoms with Crippen molar-refractivity contribution in [3.05, 3.63) is 47.7 Å². The standard InChI is InChI=1S/C13H17IO/c1-2-3-4-8-15-11-13-7-5-6-12(9-13)10-14/h4-9H,2-3,10-11H2,1H3. The minimum Gasteiger partial charge on any atom is -0.497 e. The fourth-order valence-corrected chi connectivity index (χ4v) is 1.72. The van der Waals surface area contributed by atoms with E-state index in [1.54, 1.807) is 6.26 Å². The number of unbranched alkanes of at least 4 members (excludes halogenated alkanes) is 1. The molecule has 0 atom stereocenters. The second kappa shape index (κ2) is 7.74. The van der Waals surface area contributed by atoms with Crippen LogP contribution in [0.5, 0.6) is 0 Å². The molecule has 1 rings (SSSR count). The van der Waals surface area contributed by atoms with E-state index in [2.05, 4.69) is 59.9 Å². The van der Waals surface area contributed by atoms with Gasteiger partial charge in [0.15, 0.2) is 0 Å². The van der Waals surface area contributed by atoms with E-state index in [1.165, 1.54) is 17.5 Å². The molecule has 15 heavy (non-hydrogen) atoms. The smallest absolute Gasteiger partial charge is 0.112 e. The van der Waals surface area contributed by atoms with Crippen LogP contribution < -0.4 is 0 Å². The average molecular weight is 316 g/mol. The van der Waals surface area contributed by atoms with Crippen LogP contribution in [0.4, 0.5) is 0 Å². The quantitative estimate of drug-likeness (QED) is 0.428. The third kappa shape index (κ3) is 5.21. The second-order valence-electron chi connectivity index (χ2n) is 3.43. The maximum absolute atomic E-state index is 5.44. The molecule has 0 aliphatic rings. The normalized spacial score (nSPS) is 10.8. The molecular weight excluding hydrogens is 299 g/mol. The summed E-state index contributed by atoms with van der Waals surface area (Å²) in [6.45, 7) is 2.83. The first-order chi connectivity index (χ1) is 7.36. The molecule has 0 aromatic heterocycles. The van der Waals surface area contributed by atoms with Crippen LogP contribution in [0.3, 0.4) is 0 Å². The lowest BCUT2D eigenvalue weighted by Gasteiger charge is -2.02. The predicted molar refractivity (Wildman–Crippen MR) is 73.0 cm³/mol. The van der Waals surface area contributed by atoms with E-state index < -0.39 is 0 Å². The van der Waals surface area contributed by atoms with Crippen molar-refractivity contribution in [1.29, 1.82) is 0 Å². The molecule has 0 bridgehead atoms. The van der Waals surface area contributed by atoms with Gasteiger partial charge in [-0.2, -0.15) is 0 Å². The van der Waals surface area contributed by atoms with Gasteiger partial charge in [-0.15, -0.1) is 0 Å². The van der Waals surface area contributed by atoms with Crippen LogP contribution in [0.15, 0.2) is 36.6 Å². The zero-order chi connectivity index (χ0) is 10.9. The van der Waals surface area contributed by atoms with Crippen molar-refractivity contribution in [2.45, 2.75) is 30.8 Å². The Morgan fingerprint density at radius 3 is 2.87 bits per heavy atom. The van der Waals surface area contributed by atoms with E-state index in [-0.39, 0.29) is 0 Å². The number of alkyl halides is 1. The van der Waals surface area contributed by atoms with Gasteiger partial charge in [0.25, 0.3) is 0 Å². The van der Waals surface area contributed by atoms with Crippen LogP contribution in [0, 0.1) is 0 Å². The number of benzene rings is 1. The lowest BCUT2D eigenvalue weighted by molar-refractivity contribution is 0.235. The highest BCUT2D eigenvalue weighted by Gasteiger charge is 1.93. The summed E-state index contributed by atoms with van der Waals surface area (Å²) >= 11 is 2.37. The summed E-state index contributed by atoms with van der Waals surface area (Å²) in [5, 5.41) is 0. The van der Waals surface area contributed by atoms with Crippen molar-refractivity contribution in [3.63, 3.8) is 0 Å². The zero-order valence-electron chi connectivity index (χ0n) is 9.08. The first-order valence-electron chi connectivity index (χ1n) is 5.27.